The standard InChI is InChI=1S/C6H13NO2.C5H5N/c1-6(2,3)7-5(8)9-4;1-2-4-6-5-3-1/h1-4H3,(H,7,8);1-5H. The van der Waals surface area contributed by atoms with E-state index in [1.807, 2.05) is 39.0 Å². The van der Waals surface area contributed by atoms with Crippen LogP contribution in [-0.2, 0) is 4.74 Å². The van der Waals surface area contributed by atoms with Crippen LogP contribution in [-0.4, -0.2) is 23.7 Å². The number of alkyl carbamates (subject to hydrolysis) is 1. The second-order valence-electron chi connectivity index (χ2n) is 3.89. The summed E-state index contributed by atoms with van der Waals surface area (Å²) in [6.07, 6.45) is 3.11. The van der Waals surface area contributed by atoms with Gasteiger partial charge in [-0.2, -0.15) is 0 Å². The van der Waals surface area contributed by atoms with E-state index >= 15 is 0 Å². The number of rotatable bonds is 0. The molecule has 0 bridgehead atoms. The van der Waals surface area contributed by atoms with Crippen molar-refractivity contribution in [1.82, 2.24) is 10.3 Å². The van der Waals surface area contributed by atoms with E-state index in [1.165, 1.54) is 7.11 Å². The Morgan fingerprint density at radius 3 is 1.87 bits per heavy atom. The van der Waals surface area contributed by atoms with Gasteiger partial charge in [0.1, 0.15) is 0 Å². The summed E-state index contributed by atoms with van der Waals surface area (Å²) in [5, 5.41) is 2.61. The minimum absolute atomic E-state index is 0.201. The maximum Gasteiger partial charge on any atom is 0.407 e. The van der Waals surface area contributed by atoms with Crippen LogP contribution < -0.4 is 5.32 Å². The van der Waals surface area contributed by atoms with Gasteiger partial charge < -0.3 is 10.1 Å². The molecule has 0 saturated carbocycles. The summed E-state index contributed by atoms with van der Waals surface area (Å²) >= 11 is 0. The molecule has 1 rings (SSSR count). The monoisotopic (exact) mass is 210 g/mol. The average molecular weight is 210 g/mol. The van der Waals surface area contributed by atoms with Crippen molar-refractivity contribution in [3.63, 3.8) is 0 Å². The highest BCUT2D eigenvalue weighted by atomic mass is 16.5. The zero-order chi connectivity index (χ0) is 11.7. The predicted molar refractivity (Wildman–Crippen MR) is 59.5 cm³/mol. The third-order valence-electron chi connectivity index (χ3n) is 1.23. The Bertz CT molecular complexity index is 241. The highest BCUT2D eigenvalue weighted by molar-refractivity contribution is 5.67. The molecule has 4 nitrogen and oxygen atoms in total. The third-order valence-corrected chi connectivity index (χ3v) is 1.23. The first-order valence-electron chi connectivity index (χ1n) is 4.67. The SMILES string of the molecule is COC(=O)NC(C)(C)C.c1ccncc1. The zero-order valence-corrected chi connectivity index (χ0v) is 9.65. The molecule has 0 unspecified atom stereocenters. The van der Waals surface area contributed by atoms with Gasteiger partial charge >= 0.3 is 6.09 Å². The fraction of sp³-hybridized carbons (Fsp3) is 0.455. The van der Waals surface area contributed by atoms with Crippen molar-refractivity contribution in [2.24, 2.45) is 0 Å². The maximum atomic E-state index is 10.5. The molecule has 84 valence electrons. The van der Waals surface area contributed by atoms with Crippen molar-refractivity contribution in [3.8, 4) is 0 Å². The molecule has 1 heterocycles. The van der Waals surface area contributed by atoms with Gasteiger partial charge in [-0.05, 0) is 32.9 Å². The molecule has 1 aromatic rings. The normalized spacial score (nSPS) is 9.60. The van der Waals surface area contributed by atoms with Crippen LogP contribution in [0.3, 0.4) is 0 Å². The molecule has 0 aliphatic rings. The smallest absolute Gasteiger partial charge is 0.407 e. The number of nitrogens with one attached hydrogen (secondary N) is 1. The Morgan fingerprint density at radius 2 is 1.73 bits per heavy atom. The van der Waals surface area contributed by atoms with Crippen molar-refractivity contribution < 1.29 is 9.53 Å². The van der Waals surface area contributed by atoms with Gasteiger partial charge in [-0.3, -0.25) is 4.98 Å². The molecular weight excluding hydrogens is 192 g/mol. The van der Waals surface area contributed by atoms with E-state index < -0.39 is 0 Å². The van der Waals surface area contributed by atoms with Crippen molar-refractivity contribution in [2.75, 3.05) is 7.11 Å². The van der Waals surface area contributed by atoms with E-state index in [0.717, 1.165) is 0 Å². The van der Waals surface area contributed by atoms with Crippen LogP contribution in [0.4, 0.5) is 4.79 Å². The van der Waals surface area contributed by atoms with Gasteiger partial charge in [0.05, 0.1) is 7.11 Å². The quantitative estimate of drug-likeness (QED) is 0.714. The number of ether oxygens (including phenoxy) is 1. The summed E-state index contributed by atoms with van der Waals surface area (Å²) in [7, 11) is 1.35. The average Bonchev–Trinajstić information content (AvgIpc) is 2.19. The topological polar surface area (TPSA) is 51.2 Å². The summed E-state index contributed by atoms with van der Waals surface area (Å²) < 4.78 is 4.38. The van der Waals surface area contributed by atoms with E-state index in [0.29, 0.717) is 0 Å². The summed E-state index contributed by atoms with van der Waals surface area (Å²) in [6.45, 7) is 5.68. The number of aromatic nitrogens is 1. The number of hydrogen-bond donors (Lipinski definition) is 1. The largest absolute Gasteiger partial charge is 0.453 e. The summed E-state index contributed by atoms with van der Waals surface area (Å²) in [4.78, 5) is 14.3. The molecule has 1 aromatic heterocycles. The maximum absolute atomic E-state index is 10.5. The number of pyridine rings is 1. The molecule has 1 N–H and O–H groups in total. The molecule has 1 amide bonds. The van der Waals surface area contributed by atoms with E-state index in [2.05, 4.69) is 15.0 Å². The van der Waals surface area contributed by atoms with Crippen LogP contribution in [0.5, 0.6) is 0 Å². The lowest BCUT2D eigenvalue weighted by Crippen LogP contribution is -2.40. The van der Waals surface area contributed by atoms with Crippen molar-refractivity contribution in [3.05, 3.63) is 30.6 Å². The van der Waals surface area contributed by atoms with E-state index in [9.17, 15) is 4.79 Å². The highest BCUT2D eigenvalue weighted by Gasteiger charge is 2.12. The first-order chi connectivity index (χ1) is 6.95. The molecule has 4 heteroatoms. The molecule has 0 aliphatic carbocycles. The molecular formula is C11H18N2O2. The van der Waals surface area contributed by atoms with Gasteiger partial charge in [0.15, 0.2) is 0 Å². The van der Waals surface area contributed by atoms with Gasteiger partial charge in [-0.15, -0.1) is 0 Å². The highest BCUT2D eigenvalue weighted by Crippen LogP contribution is 1.97. The van der Waals surface area contributed by atoms with Crippen LogP contribution in [0.15, 0.2) is 30.6 Å². The van der Waals surface area contributed by atoms with Gasteiger partial charge in [0, 0.05) is 17.9 Å². The fourth-order valence-electron chi connectivity index (χ4n) is 0.670. The van der Waals surface area contributed by atoms with Gasteiger partial charge in [0.2, 0.25) is 0 Å². The second kappa shape index (κ2) is 6.81. The van der Waals surface area contributed by atoms with Crippen molar-refractivity contribution >= 4 is 6.09 Å². The molecule has 15 heavy (non-hydrogen) atoms. The number of nitrogens with zero attached hydrogens (tertiary/aromatic N) is 1. The number of carbonyl (C=O) groups is 1. The second-order valence-corrected chi connectivity index (χ2v) is 3.89. The molecule has 0 fully saturated rings. The first-order valence-corrected chi connectivity index (χ1v) is 4.67. The van der Waals surface area contributed by atoms with Gasteiger partial charge in [-0.25, -0.2) is 4.79 Å². The van der Waals surface area contributed by atoms with E-state index in [1.54, 1.807) is 12.4 Å². The number of carbonyl (C=O) groups excluding carboxylic acids is 1. The van der Waals surface area contributed by atoms with Crippen LogP contribution in [0.1, 0.15) is 20.8 Å². The minimum Gasteiger partial charge on any atom is -0.453 e. The van der Waals surface area contributed by atoms with Crippen LogP contribution in [0.2, 0.25) is 0 Å². The van der Waals surface area contributed by atoms with Crippen molar-refractivity contribution in [1.29, 1.82) is 0 Å². The Morgan fingerprint density at radius 1 is 1.20 bits per heavy atom. The van der Waals surface area contributed by atoms with Gasteiger partial charge in [-0.1, -0.05) is 6.07 Å². The zero-order valence-electron chi connectivity index (χ0n) is 9.65. The fourth-order valence-corrected chi connectivity index (χ4v) is 0.670. The predicted octanol–water partition coefficient (Wildman–Crippen LogP) is 2.22. The lowest BCUT2D eigenvalue weighted by Gasteiger charge is -2.18. The number of methoxy groups -OCH3 is 1. The van der Waals surface area contributed by atoms with E-state index in [-0.39, 0.29) is 11.6 Å². The lowest BCUT2D eigenvalue weighted by atomic mass is 10.1. The summed E-state index contributed by atoms with van der Waals surface area (Å²) in [5.41, 5.74) is -0.201. The van der Waals surface area contributed by atoms with Crippen LogP contribution in [0.25, 0.3) is 0 Å². The first kappa shape index (κ1) is 13.4. The Labute approximate surface area is 90.7 Å². The number of hydrogen-bond acceptors (Lipinski definition) is 3. The molecule has 0 aromatic carbocycles. The number of amides is 1. The molecule has 0 aliphatic heterocycles. The Kier molecular flexibility index (Phi) is 6.09. The summed E-state index contributed by atoms with van der Waals surface area (Å²) in [5.74, 6) is 0. The Balaban J connectivity index is 0.000000280. The Hall–Kier alpha value is -1.58. The molecule has 0 spiro atoms. The van der Waals surface area contributed by atoms with Crippen molar-refractivity contribution in [2.45, 2.75) is 26.3 Å². The van der Waals surface area contributed by atoms with Crippen LogP contribution >= 0.6 is 0 Å². The summed E-state index contributed by atoms with van der Waals surface area (Å²) in [6, 6.07) is 5.72. The molecule has 0 atom stereocenters. The van der Waals surface area contributed by atoms with E-state index in [4.69, 9.17) is 0 Å². The molecule has 0 radical (unpaired) electrons. The minimum atomic E-state index is -0.387. The third kappa shape index (κ3) is 10.3. The van der Waals surface area contributed by atoms with Crippen LogP contribution in [0, 0.1) is 0 Å². The molecule has 0 saturated heterocycles. The lowest BCUT2D eigenvalue weighted by molar-refractivity contribution is 0.161. The van der Waals surface area contributed by atoms with Gasteiger partial charge in [0.25, 0.3) is 0 Å².